The number of aromatic carboxylic acids is 1. The molecular formula is C11H12F2N2O2. The molecule has 4 nitrogen and oxygen atoms in total. The van der Waals surface area contributed by atoms with Crippen molar-refractivity contribution >= 4 is 11.8 Å². The first-order valence-corrected chi connectivity index (χ1v) is 5.22. The summed E-state index contributed by atoms with van der Waals surface area (Å²) in [6, 6.07) is 1.56. The third-order valence-electron chi connectivity index (χ3n) is 2.83. The van der Waals surface area contributed by atoms with Gasteiger partial charge in [-0.3, -0.25) is 0 Å². The van der Waals surface area contributed by atoms with Crippen molar-refractivity contribution in [1.29, 1.82) is 0 Å². The molecule has 0 bridgehead atoms. The van der Waals surface area contributed by atoms with Crippen molar-refractivity contribution in [2.24, 2.45) is 0 Å². The highest BCUT2D eigenvalue weighted by atomic mass is 19.2. The van der Waals surface area contributed by atoms with Gasteiger partial charge in [-0.05, 0) is 18.6 Å². The van der Waals surface area contributed by atoms with Crippen LogP contribution in [0.1, 0.15) is 15.9 Å². The van der Waals surface area contributed by atoms with Gasteiger partial charge in [-0.25, -0.2) is 18.6 Å². The Bertz CT molecular complexity index is 443. The highest BCUT2D eigenvalue weighted by Gasteiger charge is 2.35. The fourth-order valence-corrected chi connectivity index (χ4v) is 1.95. The fourth-order valence-electron chi connectivity index (χ4n) is 1.95. The number of alkyl halides is 2. The first-order valence-electron chi connectivity index (χ1n) is 5.22. The normalized spacial score (nSPS) is 24.1. The summed E-state index contributed by atoms with van der Waals surface area (Å²) in [5.74, 6) is -0.997. The smallest absolute Gasteiger partial charge is 0.339 e. The lowest BCUT2D eigenvalue weighted by molar-refractivity contribution is 0.0696. The number of aromatic nitrogens is 1. The van der Waals surface area contributed by atoms with Crippen molar-refractivity contribution in [3.63, 3.8) is 0 Å². The van der Waals surface area contributed by atoms with E-state index in [0.717, 1.165) is 0 Å². The summed E-state index contributed by atoms with van der Waals surface area (Å²) < 4.78 is 26.2. The van der Waals surface area contributed by atoms with E-state index in [1.807, 2.05) is 0 Å². The molecule has 1 aliphatic rings. The Labute approximate surface area is 96.9 Å². The van der Waals surface area contributed by atoms with Crippen LogP contribution in [0.2, 0.25) is 0 Å². The summed E-state index contributed by atoms with van der Waals surface area (Å²) in [6.07, 6.45) is -1.73. The van der Waals surface area contributed by atoms with E-state index >= 15 is 0 Å². The van der Waals surface area contributed by atoms with Crippen LogP contribution >= 0.6 is 0 Å². The number of carboxylic acid groups (broad SMARTS) is 1. The molecule has 1 fully saturated rings. The Morgan fingerprint density at radius 2 is 2.06 bits per heavy atom. The van der Waals surface area contributed by atoms with Crippen LogP contribution in [0.25, 0.3) is 0 Å². The van der Waals surface area contributed by atoms with E-state index in [1.54, 1.807) is 13.0 Å². The number of rotatable bonds is 2. The van der Waals surface area contributed by atoms with Gasteiger partial charge in [-0.1, -0.05) is 0 Å². The van der Waals surface area contributed by atoms with Crippen molar-refractivity contribution in [1.82, 2.24) is 4.98 Å². The molecule has 2 rings (SSSR count). The van der Waals surface area contributed by atoms with E-state index in [1.165, 1.54) is 11.1 Å². The molecule has 1 aromatic heterocycles. The van der Waals surface area contributed by atoms with Gasteiger partial charge in [0.1, 0.15) is 11.4 Å². The number of aryl methyl sites for hydroxylation is 1. The molecule has 0 aliphatic carbocycles. The summed E-state index contributed by atoms with van der Waals surface area (Å²) in [4.78, 5) is 16.4. The quantitative estimate of drug-likeness (QED) is 0.855. The number of hydrogen-bond acceptors (Lipinski definition) is 3. The minimum atomic E-state index is -1.58. The number of hydrogen-bond donors (Lipinski definition) is 1. The molecule has 0 amide bonds. The molecule has 0 radical (unpaired) electrons. The molecule has 17 heavy (non-hydrogen) atoms. The molecule has 1 aromatic rings. The zero-order chi connectivity index (χ0) is 12.6. The Hall–Kier alpha value is -1.72. The highest BCUT2D eigenvalue weighted by molar-refractivity contribution is 5.95. The lowest BCUT2D eigenvalue weighted by Crippen LogP contribution is -2.24. The van der Waals surface area contributed by atoms with E-state index in [2.05, 4.69) is 4.98 Å². The zero-order valence-electron chi connectivity index (χ0n) is 9.23. The summed E-state index contributed by atoms with van der Waals surface area (Å²) in [5.41, 5.74) is 0.536. The monoisotopic (exact) mass is 242 g/mol. The predicted octanol–water partition coefficient (Wildman–Crippen LogP) is 1.58. The van der Waals surface area contributed by atoms with Crippen LogP contribution in [-0.2, 0) is 0 Å². The molecule has 2 atom stereocenters. The average molecular weight is 242 g/mol. The van der Waals surface area contributed by atoms with E-state index in [9.17, 15) is 13.6 Å². The lowest BCUT2D eigenvalue weighted by atomic mass is 10.1. The summed E-state index contributed by atoms with van der Waals surface area (Å²) >= 11 is 0. The Balaban J connectivity index is 2.39. The first kappa shape index (κ1) is 11.8. The molecule has 0 spiro atoms. The Morgan fingerprint density at radius 1 is 1.47 bits per heavy atom. The number of anilines is 1. The number of carbonyl (C=O) groups is 1. The van der Waals surface area contributed by atoms with Gasteiger partial charge in [-0.2, -0.15) is 0 Å². The molecular weight excluding hydrogens is 230 g/mol. The number of carboxylic acids is 1. The maximum Gasteiger partial charge on any atom is 0.339 e. The number of nitrogens with zero attached hydrogens (tertiary/aromatic N) is 2. The Morgan fingerprint density at radius 3 is 2.59 bits per heavy atom. The summed E-state index contributed by atoms with van der Waals surface area (Å²) in [7, 11) is 0. The molecule has 6 heteroatoms. The third-order valence-corrected chi connectivity index (χ3v) is 2.83. The fraction of sp³-hybridized carbons (Fsp3) is 0.455. The minimum Gasteiger partial charge on any atom is -0.478 e. The van der Waals surface area contributed by atoms with Crippen LogP contribution in [-0.4, -0.2) is 41.5 Å². The first-order chi connectivity index (χ1) is 8.00. The van der Waals surface area contributed by atoms with Gasteiger partial charge in [-0.15, -0.1) is 0 Å². The maximum atomic E-state index is 13.1. The third kappa shape index (κ3) is 2.07. The second-order valence-electron chi connectivity index (χ2n) is 4.07. The van der Waals surface area contributed by atoms with E-state index in [0.29, 0.717) is 5.56 Å². The summed E-state index contributed by atoms with van der Waals surface area (Å²) in [6.45, 7) is 1.32. The molecule has 92 valence electrons. The van der Waals surface area contributed by atoms with E-state index < -0.39 is 18.3 Å². The second-order valence-corrected chi connectivity index (χ2v) is 4.07. The van der Waals surface area contributed by atoms with Crippen LogP contribution in [0, 0.1) is 6.92 Å². The molecule has 1 saturated heterocycles. The van der Waals surface area contributed by atoms with Gasteiger partial charge in [0, 0.05) is 6.20 Å². The minimum absolute atomic E-state index is 0.00815. The maximum absolute atomic E-state index is 13.1. The topological polar surface area (TPSA) is 53.4 Å². The zero-order valence-corrected chi connectivity index (χ0v) is 9.23. The second kappa shape index (κ2) is 4.27. The average Bonchev–Trinajstić information content (AvgIpc) is 2.58. The van der Waals surface area contributed by atoms with Crippen molar-refractivity contribution in [3.05, 3.63) is 23.4 Å². The van der Waals surface area contributed by atoms with Crippen LogP contribution < -0.4 is 4.90 Å². The molecule has 1 N–H and O–H groups in total. The van der Waals surface area contributed by atoms with E-state index in [-0.39, 0.29) is 24.5 Å². The molecule has 2 heterocycles. The van der Waals surface area contributed by atoms with Crippen LogP contribution in [0.3, 0.4) is 0 Å². The molecule has 0 saturated carbocycles. The van der Waals surface area contributed by atoms with Crippen LogP contribution in [0.5, 0.6) is 0 Å². The Kier molecular flexibility index (Phi) is 2.95. The van der Waals surface area contributed by atoms with Gasteiger partial charge in [0.25, 0.3) is 0 Å². The van der Waals surface area contributed by atoms with E-state index in [4.69, 9.17) is 5.11 Å². The predicted molar refractivity (Wildman–Crippen MR) is 57.9 cm³/mol. The van der Waals surface area contributed by atoms with Crippen LogP contribution in [0.15, 0.2) is 12.3 Å². The highest BCUT2D eigenvalue weighted by Crippen LogP contribution is 2.26. The van der Waals surface area contributed by atoms with Crippen molar-refractivity contribution in [3.8, 4) is 0 Å². The van der Waals surface area contributed by atoms with Gasteiger partial charge < -0.3 is 10.0 Å². The van der Waals surface area contributed by atoms with Gasteiger partial charge in [0.15, 0.2) is 12.3 Å². The van der Waals surface area contributed by atoms with Crippen molar-refractivity contribution in [2.45, 2.75) is 19.3 Å². The number of halogens is 2. The lowest BCUT2D eigenvalue weighted by Gasteiger charge is -2.18. The molecule has 1 aliphatic heterocycles. The SMILES string of the molecule is Cc1ccnc(N2CC(F)C(F)C2)c1C(=O)O. The van der Waals surface area contributed by atoms with Crippen molar-refractivity contribution in [2.75, 3.05) is 18.0 Å². The number of pyridine rings is 1. The molecule has 0 aromatic carbocycles. The van der Waals surface area contributed by atoms with Gasteiger partial charge in [0.2, 0.25) is 0 Å². The summed E-state index contributed by atoms with van der Waals surface area (Å²) in [5, 5.41) is 9.08. The van der Waals surface area contributed by atoms with Crippen LogP contribution in [0.4, 0.5) is 14.6 Å². The molecule has 2 unspecified atom stereocenters. The van der Waals surface area contributed by atoms with Gasteiger partial charge >= 0.3 is 5.97 Å². The largest absolute Gasteiger partial charge is 0.478 e. The standard InChI is InChI=1S/C11H12F2N2O2/c1-6-2-3-14-10(9(6)11(16)17)15-4-7(12)8(13)5-15/h2-3,7-8H,4-5H2,1H3,(H,16,17). The van der Waals surface area contributed by atoms with Crippen molar-refractivity contribution < 1.29 is 18.7 Å². The van der Waals surface area contributed by atoms with Gasteiger partial charge in [0.05, 0.1) is 13.1 Å².